The van der Waals surface area contributed by atoms with Gasteiger partial charge in [0.1, 0.15) is 6.61 Å². The minimum Gasteiger partial charge on any atom is -0.473 e. The van der Waals surface area contributed by atoms with Crippen LogP contribution < -0.4 is 10.1 Å². The molecule has 0 aliphatic carbocycles. The Morgan fingerprint density at radius 2 is 1.90 bits per heavy atom. The molecule has 0 saturated carbocycles. The molecule has 0 spiro atoms. The second-order valence-electron chi connectivity index (χ2n) is 5.31. The lowest BCUT2D eigenvalue weighted by atomic mass is 10.2. The van der Waals surface area contributed by atoms with Crippen molar-refractivity contribution in [1.82, 2.24) is 10.3 Å². The summed E-state index contributed by atoms with van der Waals surface area (Å²) in [7, 11) is 0. The second-order valence-corrected chi connectivity index (χ2v) is 5.72. The average molecular weight is 305 g/mol. The number of benzene rings is 1. The van der Waals surface area contributed by atoms with Crippen LogP contribution in [-0.2, 0) is 13.2 Å². The van der Waals surface area contributed by atoms with Gasteiger partial charge in [-0.3, -0.25) is 0 Å². The van der Waals surface area contributed by atoms with Crippen LogP contribution in [0.4, 0.5) is 0 Å². The molecule has 1 N–H and O–H groups in total. The van der Waals surface area contributed by atoms with Crippen molar-refractivity contribution < 1.29 is 4.74 Å². The Balaban J connectivity index is 1.99. The third-order valence-corrected chi connectivity index (χ3v) is 3.57. The first-order valence-electron chi connectivity index (χ1n) is 7.12. The second kappa shape index (κ2) is 7.43. The first kappa shape index (κ1) is 15.8. The third kappa shape index (κ3) is 4.73. The number of nitrogens with one attached hydrogen (secondary N) is 1. The predicted molar refractivity (Wildman–Crippen MR) is 86.7 cm³/mol. The summed E-state index contributed by atoms with van der Waals surface area (Å²) in [4.78, 5) is 4.49. The highest BCUT2D eigenvalue weighted by molar-refractivity contribution is 6.31. The molecule has 0 aliphatic rings. The third-order valence-electron chi connectivity index (χ3n) is 3.20. The van der Waals surface area contributed by atoms with Crippen molar-refractivity contribution in [3.8, 4) is 5.88 Å². The molecule has 0 amide bonds. The van der Waals surface area contributed by atoms with Crippen LogP contribution in [0.5, 0.6) is 5.88 Å². The van der Waals surface area contributed by atoms with Crippen LogP contribution in [-0.4, -0.2) is 11.0 Å². The standard InChI is InChI=1S/C17H21ClN2O/c1-12(2)19-10-14-8-9-17(20-13(14)3)21-11-15-6-4-5-7-16(15)18/h4-9,12,19H,10-11H2,1-3H3. The quantitative estimate of drug-likeness (QED) is 0.871. The van der Waals surface area contributed by atoms with Crippen molar-refractivity contribution in [1.29, 1.82) is 0 Å². The molecule has 0 fully saturated rings. The van der Waals surface area contributed by atoms with Gasteiger partial charge in [0.2, 0.25) is 5.88 Å². The number of pyridine rings is 1. The summed E-state index contributed by atoms with van der Waals surface area (Å²) in [6.07, 6.45) is 0. The minimum atomic E-state index is 0.426. The van der Waals surface area contributed by atoms with Crippen molar-refractivity contribution in [2.75, 3.05) is 0 Å². The van der Waals surface area contributed by atoms with E-state index in [-0.39, 0.29) is 0 Å². The lowest BCUT2D eigenvalue weighted by Crippen LogP contribution is -2.22. The summed E-state index contributed by atoms with van der Waals surface area (Å²) in [5.74, 6) is 0.626. The summed E-state index contributed by atoms with van der Waals surface area (Å²) in [5.41, 5.74) is 3.14. The van der Waals surface area contributed by atoms with E-state index in [9.17, 15) is 0 Å². The van der Waals surface area contributed by atoms with Gasteiger partial charge in [-0.25, -0.2) is 4.98 Å². The Morgan fingerprint density at radius 3 is 2.57 bits per heavy atom. The molecule has 2 rings (SSSR count). The van der Waals surface area contributed by atoms with E-state index in [4.69, 9.17) is 16.3 Å². The Labute approximate surface area is 131 Å². The normalized spacial score (nSPS) is 10.9. The minimum absolute atomic E-state index is 0.426. The van der Waals surface area contributed by atoms with Gasteiger partial charge in [0.25, 0.3) is 0 Å². The van der Waals surface area contributed by atoms with Crippen molar-refractivity contribution in [3.05, 3.63) is 58.2 Å². The largest absolute Gasteiger partial charge is 0.473 e. The van der Waals surface area contributed by atoms with Gasteiger partial charge in [0, 0.05) is 34.9 Å². The zero-order valence-electron chi connectivity index (χ0n) is 12.7. The Hall–Kier alpha value is -1.58. The van der Waals surface area contributed by atoms with Gasteiger partial charge in [-0.05, 0) is 18.6 Å². The lowest BCUT2D eigenvalue weighted by molar-refractivity contribution is 0.293. The van der Waals surface area contributed by atoms with Gasteiger partial charge in [-0.1, -0.05) is 49.7 Å². The van der Waals surface area contributed by atoms with Crippen LogP contribution in [0.1, 0.15) is 30.7 Å². The molecule has 0 bridgehead atoms. The average Bonchev–Trinajstić information content (AvgIpc) is 2.45. The first-order valence-corrected chi connectivity index (χ1v) is 7.50. The maximum Gasteiger partial charge on any atom is 0.213 e. The molecule has 0 saturated heterocycles. The number of halogens is 1. The van der Waals surface area contributed by atoms with E-state index in [1.54, 1.807) is 0 Å². The Bertz CT molecular complexity index is 599. The summed E-state index contributed by atoms with van der Waals surface area (Å²) in [6, 6.07) is 12.1. The topological polar surface area (TPSA) is 34.1 Å². The number of ether oxygens (including phenoxy) is 1. The maximum atomic E-state index is 6.11. The van der Waals surface area contributed by atoms with Crippen molar-refractivity contribution >= 4 is 11.6 Å². The molecular formula is C17H21ClN2O. The fourth-order valence-corrected chi connectivity index (χ4v) is 2.11. The first-order chi connectivity index (χ1) is 10.1. The number of nitrogens with zero attached hydrogens (tertiary/aromatic N) is 1. The van der Waals surface area contributed by atoms with Crippen molar-refractivity contribution in [2.24, 2.45) is 0 Å². The van der Waals surface area contributed by atoms with Crippen molar-refractivity contribution in [3.63, 3.8) is 0 Å². The van der Waals surface area contributed by atoms with E-state index >= 15 is 0 Å². The van der Waals surface area contributed by atoms with Crippen LogP contribution in [0.3, 0.4) is 0 Å². The zero-order valence-corrected chi connectivity index (χ0v) is 13.4. The summed E-state index contributed by atoms with van der Waals surface area (Å²) in [6.45, 7) is 7.50. The Kier molecular flexibility index (Phi) is 5.59. The number of hydrogen-bond acceptors (Lipinski definition) is 3. The lowest BCUT2D eigenvalue weighted by Gasteiger charge is -2.12. The van der Waals surface area contributed by atoms with Gasteiger partial charge in [-0.15, -0.1) is 0 Å². The molecule has 0 radical (unpaired) electrons. The maximum absolute atomic E-state index is 6.11. The van der Waals surface area contributed by atoms with Crippen LogP contribution >= 0.6 is 11.6 Å². The van der Waals surface area contributed by atoms with E-state index in [1.165, 1.54) is 5.56 Å². The molecule has 1 aromatic heterocycles. The van der Waals surface area contributed by atoms with E-state index < -0.39 is 0 Å². The molecular weight excluding hydrogens is 284 g/mol. The number of hydrogen-bond donors (Lipinski definition) is 1. The van der Waals surface area contributed by atoms with Crippen molar-refractivity contribution in [2.45, 2.75) is 40.0 Å². The van der Waals surface area contributed by atoms with Gasteiger partial charge in [0.15, 0.2) is 0 Å². The highest BCUT2D eigenvalue weighted by Crippen LogP contribution is 2.18. The van der Waals surface area contributed by atoms with Gasteiger partial charge in [0.05, 0.1) is 0 Å². The summed E-state index contributed by atoms with van der Waals surface area (Å²) >= 11 is 6.11. The molecule has 0 atom stereocenters. The molecule has 2 aromatic rings. The Morgan fingerprint density at radius 1 is 1.14 bits per heavy atom. The van der Waals surface area contributed by atoms with Crippen LogP contribution in [0.15, 0.2) is 36.4 Å². The van der Waals surface area contributed by atoms with E-state index in [2.05, 4.69) is 30.2 Å². The number of rotatable bonds is 6. The molecule has 0 aliphatic heterocycles. The fraction of sp³-hybridized carbons (Fsp3) is 0.353. The SMILES string of the molecule is Cc1nc(OCc2ccccc2Cl)ccc1CNC(C)C. The molecule has 4 heteroatoms. The molecule has 1 heterocycles. The van der Waals surface area contributed by atoms with Gasteiger partial charge in [-0.2, -0.15) is 0 Å². The molecule has 3 nitrogen and oxygen atoms in total. The smallest absolute Gasteiger partial charge is 0.213 e. The van der Waals surface area contributed by atoms with Crippen LogP contribution in [0.25, 0.3) is 0 Å². The van der Waals surface area contributed by atoms with E-state index in [1.807, 2.05) is 37.3 Å². The molecule has 1 aromatic carbocycles. The van der Waals surface area contributed by atoms with E-state index in [0.717, 1.165) is 17.8 Å². The monoisotopic (exact) mass is 304 g/mol. The highest BCUT2D eigenvalue weighted by Gasteiger charge is 2.05. The fourth-order valence-electron chi connectivity index (χ4n) is 1.92. The molecule has 21 heavy (non-hydrogen) atoms. The van der Waals surface area contributed by atoms with Crippen LogP contribution in [0.2, 0.25) is 5.02 Å². The van der Waals surface area contributed by atoms with Crippen LogP contribution in [0, 0.1) is 6.92 Å². The highest BCUT2D eigenvalue weighted by atomic mass is 35.5. The molecule has 0 unspecified atom stereocenters. The van der Waals surface area contributed by atoms with E-state index in [0.29, 0.717) is 23.6 Å². The number of aryl methyl sites for hydroxylation is 1. The molecule has 112 valence electrons. The van der Waals surface area contributed by atoms with Gasteiger partial charge >= 0.3 is 0 Å². The zero-order chi connectivity index (χ0) is 15.2. The predicted octanol–water partition coefficient (Wildman–Crippen LogP) is 4.12. The van der Waals surface area contributed by atoms with Gasteiger partial charge < -0.3 is 10.1 Å². The summed E-state index contributed by atoms with van der Waals surface area (Å²) < 4.78 is 5.72. The number of aromatic nitrogens is 1. The summed E-state index contributed by atoms with van der Waals surface area (Å²) in [5, 5.41) is 4.10.